The second-order valence-electron chi connectivity index (χ2n) is 12.9. The summed E-state index contributed by atoms with van der Waals surface area (Å²) in [6.45, 7) is 5.51. The van der Waals surface area contributed by atoms with E-state index in [-0.39, 0.29) is 75.2 Å². The first-order chi connectivity index (χ1) is 23.7. The molecule has 1 aliphatic rings. The van der Waals surface area contributed by atoms with Crippen molar-refractivity contribution in [2.75, 3.05) is 0 Å². The molecule has 9 N–H and O–H groups in total. The number of Topliss-reactive ketones (excluding diaryl/α,β-unsaturated/α-hetero) is 1. The molecule has 0 fully saturated rings. The Labute approximate surface area is 289 Å². The maximum absolute atomic E-state index is 14.7. The fourth-order valence-electron chi connectivity index (χ4n) is 6.62. The highest BCUT2D eigenvalue weighted by atomic mass is 16.3. The molecule has 4 atom stereocenters. The van der Waals surface area contributed by atoms with Crippen LogP contribution in [0.25, 0.3) is 6.08 Å². The van der Waals surface area contributed by atoms with Crippen molar-refractivity contribution in [2.24, 2.45) is 5.92 Å². The lowest BCUT2D eigenvalue weighted by molar-refractivity contribution is 0.0876. The topological polar surface area (TPSA) is 199 Å². The van der Waals surface area contributed by atoms with Gasteiger partial charge in [0.1, 0.15) is 52.1 Å². The summed E-state index contributed by atoms with van der Waals surface area (Å²) in [5.41, 5.74) is 2.21. The lowest BCUT2D eigenvalue weighted by Crippen LogP contribution is -2.32. The molecule has 4 aromatic carbocycles. The van der Waals surface area contributed by atoms with Crippen molar-refractivity contribution in [2.45, 2.75) is 51.6 Å². The van der Waals surface area contributed by atoms with E-state index in [0.29, 0.717) is 5.56 Å². The van der Waals surface area contributed by atoms with E-state index in [2.05, 4.69) is 0 Å². The van der Waals surface area contributed by atoms with Crippen LogP contribution in [0.15, 0.2) is 90.0 Å². The summed E-state index contributed by atoms with van der Waals surface area (Å²) in [5.74, 6) is -5.95. The van der Waals surface area contributed by atoms with Gasteiger partial charge in [-0.25, -0.2) is 0 Å². The minimum absolute atomic E-state index is 0.0179. The van der Waals surface area contributed by atoms with E-state index >= 15 is 0 Å². The molecular weight excluding hydrogens is 640 g/mol. The van der Waals surface area contributed by atoms with Gasteiger partial charge in [0.15, 0.2) is 5.78 Å². The quantitative estimate of drug-likeness (QED) is 0.0638. The predicted octanol–water partition coefficient (Wildman–Crippen LogP) is 7.30. The highest BCUT2D eigenvalue weighted by Gasteiger charge is 2.43. The number of carbonyl (C=O) groups excluding carboxylic acids is 1. The predicted molar refractivity (Wildman–Crippen MR) is 188 cm³/mol. The van der Waals surface area contributed by atoms with Crippen molar-refractivity contribution in [1.82, 2.24) is 0 Å². The third kappa shape index (κ3) is 7.11. The monoisotopic (exact) mass is 680 g/mol. The molecule has 0 saturated carbocycles. The molecule has 0 aliphatic heterocycles. The molecule has 260 valence electrons. The second kappa shape index (κ2) is 14.3. The number of carbonyl (C=O) groups is 1. The Balaban J connectivity index is 1.67. The number of aliphatic hydroxyl groups excluding tert-OH is 1. The number of benzene rings is 4. The summed E-state index contributed by atoms with van der Waals surface area (Å²) in [7, 11) is 0. The number of hydrogen-bond donors (Lipinski definition) is 9. The third-order valence-electron chi connectivity index (χ3n) is 9.13. The molecule has 5 rings (SSSR count). The lowest BCUT2D eigenvalue weighted by Gasteiger charge is -2.37. The van der Waals surface area contributed by atoms with Gasteiger partial charge in [0, 0.05) is 52.1 Å². The van der Waals surface area contributed by atoms with Crippen LogP contribution in [0.1, 0.15) is 83.3 Å². The van der Waals surface area contributed by atoms with Crippen LogP contribution in [0.3, 0.4) is 0 Å². The van der Waals surface area contributed by atoms with Gasteiger partial charge in [-0.2, -0.15) is 0 Å². The van der Waals surface area contributed by atoms with Crippen LogP contribution in [-0.2, 0) is 6.42 Å². The average molecular weight is 681 g/mol. The van der Waals surface area contributed by atoms with Crippen LogP contribution in [0.5, 0.6) is 46.0 Å². The highest BCUT2D eigenvalue weighted by Crippen LogP contribution is 2.53. The number of rotatable bonds is 9. The molecule has 4 aromatic rings. The molecule has 10 heteroatoms. The Bertz CT molecular complexity index is 2040. The van der Waals surface area contributed by atoms with Gasteiger partial charge in [0.2, 0.25) is 0 Å². The fourth-order valence-corrected chi connectivity index (χ4v) is 6.62. The standard InChI is InChI=1S/C40H40O10/c1-20(2)4-9-26-32(44)14-12-28(38(26)48)40(50)36-29(25-10-8-24(42)19-35(25)47)16-21(3)17-30(36)37-33(45)15-11-27(39(37)49)31(43)13-6-22-5-7-23(41)18-34(22)46/h4-8,10-15,17-19,29-31,36,41-49H,9,16H2,1-3H3/b13-6+. The van der Waals surface area contributed by atoms with Crippen LogP contribution in [0, 0.1) is 5.92 Å². The van der Waals surface area contributed by atoms with Gasteiger partial charge in [-0.1, -0.05) is 41.5 Å². The first kappa shape index (κ1) is 35.4. The van der Waals surface area contributed by atoms with Crippen molar-refractivity contribution in [1.29, 1.82) is 0 Å². The van der Waals surface area contributed by atoms with Crippen LogP contribution in [0.4, 0.5) is 0 Å². The zero-order valence-corrected chi connectivity index (χ0v) is 27.7. The van der Waals surface area contributed by atoms with E-state index < -0.39 is 41.1 Å². The molecule has 50 heavy (non-hydrogen) atoms. The fraction of sp³-hybridized carbons (Fsp3) is 0.225. The molecule has 4 unspecified atom stereocenters. The number of allylic oxidation sites excluding steroid dienone is 4. The summed E-state index contributed by atoms with van der Waals surface area (Å²) < 4.78 is 0. The minimum atomic E-state index is -1.44. The molecule has 1 aliphatic carbocycles. The molecular formula is C40H40O10. The van der Waals surface area contributed by atoms with Gasteiger partial charge in [-0.15, -0.1) is 0 Å². The number of aromatic hydroxyl groups is 8. The van der Waals surface area contributed by atoms with Gasteiger partial charge >= 0.3 is 0 Å². The molecule has 0 amide bonds. The summed E-state index contributed by atoms with van der Waals surface area (Å²) in [6.07, 6.45) is 5.16. The first-order valence-corrected chi connectivity index (χ1v) is 16.0. The van der Waals surface area contributed by atoms with Crippen molar-refractivity contribution in [3.8, 4) is 46.0 Å². The van der Waals surface area contributed by atoms with Gasteiger partial charge in [0.25, 0.3) is 0 Å². The smallest absolute Gasteiger partial charge is 0.171 e. The lowest BCUT2D eigenvalue weighted by atomic mass is 9.65. The van der Waals surface area contributed by atoms with Crippen LogP contribution in [0.2, 0.25) is 0 Å². The first-order valence-electron chi connectivity index (χ1n) is 16.0. The number of ketones is 1. The maximum atomic E-state index is 14.7. The van der Waals surface area contributed by atoms with Gasteiger partial charge in [-0.3, -0.25) is 4.79 Å². The van der Waals surface area contributed by atoms with Crippen LogP contribution >= 0.6 is 0 Å². The zero-order valence-electron chi connectivity index (χ0n) is 27.7. The van der Waals surface area contributed by atoms with Gasteiger partial charge < -0.3 is 46.0 Å². The normalized spacial score (nSPS) is 18.1. The van der Waals surface area contributed by atoms with E-state index in [1.165, 1.54) is 60.7 Å². The second-order valence-corrected chi connectivity index (χ2v) is 12.9. The minimum Gasteiger partial charge on any atom is -0.508 e. The summed E-state index contributed by atoms with van der Waals surface area (Å²) in [4.78, 5) is 14.7. The molecule has 0 bridgehead atoms. The number of aliphatic hydroxyl groups is 1. The van der Waals surface area contributed by atoms with E-state index in [0.717, 1.165) is 23.3 Å². The van der Waals surface area contributed by atoms with Gasteiger partial charge in [-0.05, 0) is 81.6 Å². The number of hydrogen-bond acceptors (Lipinski definition) is 10. The summed E-state index contributed by atoms with van der Waals surface area (Å²) >= 11 is 0. The number of phenols is 8. The molecule has 0 radical (unpaired) electrons. The largest absolute Gasteiger partial charge is 0.508 e. The molecule has 0 saturated heterocycles. The summed E-state index contributed by atoms with van der Waals surface area (Å²) in [5, 5.41) is 96.8. The Morgan fingerprint density at radius 2 is 1.46 bits per heavy atom. The Hall–Kier alpha value is -5.87. The third-order valence-corrected chi connectivity index (χ3v) is 9.13. The number of phenolic OH excluding ortho intramolecular Hbond substituents is 8. The summed E-state index contributed by atoms with van der Waals surface area (Å²) in [6, 6.07) is 13.2. The van der Waals surface area contributed by atoms with E-state index in [4.69, 9.17) is 0 Å². The SMILES string of the molecule is CC(C)=CCc1c(O)ccc(C(=O)C2C(c3c(O)ccc(C(O)/C=C/c4ccc(O)cc4O)c3O)C=C(C)CC2c2ccc(O)cc2O)c1O. The Kier molecular flexibility index (Phi) is 10.1. The van der Waals surface area contributed by atoms with Crippen molar-refractivity contribution in [3.05, 3.63) is 123 Å². The Morgan fingerprint density at radius 1 is 0.800 bits per heavy atom. The van der Waals surface area contributed by atoms with E-state index in [9.17, 15) is 50.8 Å². The van der Waals surface area contributed by atoms with Gasteiger partial charge in [0.05, 0.1) is 5.56 Å². The van der Waals surface area contributed by atoms with Crippen molar-refractivity contribution in [3.63, 3.8) is 0 Å². The molecule has 0 aromatic heterocycles. The highest BCUT2D eigenvalue weighted by molar-refractivity contribution is 6.02. The van der Waals surface area contributed by atoms with Crippen molar-refractivity contribution >= 4 is 11.9 Å². The van der Waals surface area contributed by atoms with E-state index in [1.807, 2.05) is 13.8 Å². The van der Waals surface area contributed by atoms with Crippen LogP contribution in [-0.4, -0.2) is 51.7 Å². The van der Waals surface area contributed by atoms with Crippen LogP contribution < -0.4 is 0 Å². The molecule has 0 spiro atoms. The zero-order chi connectivity index (χ0) is 36.4. The van der Waals surface area contributed by atoms with E-state index in [1.54, 1.807) is 19.1 Å². The van der Waals surface area contributed by atoms with Crippen molar-refractivity contribution < 1.29 is 50.8 Å². The molecule has 0 heterocycles. The molecule has 10 nitrogen and oxygen atoms in total. The average Bonchev–Trinajstić information content (AvgIpc) is 3.03. The maximum Gasteiger partial charge on any atom is 0.171 e. The Morgan fingerprint density at radius 3 is 2.12 bits per heavy atom.